The molecule has 0 saturated carbocycles. The average Bonchev–Trinajstić information content (AvgIpc) is 2.93. The molecule has 3 rings (SSSR count). The van der Waals surface area contributed by atoms with E-state index in [9.17, 15) is 14.6 Å². The summed E-state index contributed by atoms with van der Waals surface area (Å²) in [5, 5.41) is 19.8. The fourth-order valence-electron chi connectivity index (χ4n) is 2.26. The Morgan fingerprint density at radius 3 is 2.90 bits per heavy atom. The highest BCUT2D eigenvalue weighted by Gasteiger charge is 2.43. The number of aromatic amines is 1. The number of aliphatic hydroxyl groups is 2. The standard InChI is InChI=1S/C10H12FN5O3S/c11-10-14-7-4(8(20)15-10)13-2-16(7)9-6(18)5(17)3(1-12)19-9/h2-3,5-6,9,17-18H,1,12H2,(H,14,15,20)/t3-,5-,6-,9-/m1/s1. The number of hydrogen-bond acceptors (Lipinski definition) is 7. The Balaban J connectivity index is 2.09. The van der Waals surface area contributed by atoms with E-state index < -0.39 is 30.6 Å². The number of nitrogens with zero attached hydrogens (tertiary/aromatic N) is 3. The molecule has 5 N–H and O–H groups in total. The van der Waals surface area contributed by atoms with Crippen LogP contribution >= 0.6 is 12.2 Å². The highest BCUT2D eigenvalue weighted by atomic mass is 32.1. The molecule has 1 aliphatic heterocycles. The number of nitrogens with one attached hydrogen (secondary N) is 1. The largest absolute Gasteiger partial charge is 0.387 e. The van der Waals surface area contributed by atoms with Crippen molar-refractivity contribution in [3.63, 3.8) is 0 Å². The SMILES string of the molecule is NC[C@H]1O[C@@H](n2cnc3c(=S)nc(F)[nH]c32)[C@H](O)[C@@H]1O. The number of halogens is 1. The fourth-order valence-corrected chi connectivity index (χ4v) is 2.49. The molecule has 0 aromatic carbocycles. The molecule has 8 nitrogen and oxygen atoms in total. The molecule has 0 amide bonds. The van der Waals surface area contributed by atoms with Crippen molar-refractivity contribution in [1.82, 2.24) is 19.5 Å². The van der Waals surface area contributed by atoms with Crippen LogP contribution in [0.25, 0.3) is 11.2 Å². The van der Waals surface area contributed by atoms with Crippen molar-refractivity contribution in [3.05, 3.63) is 17.0 Å². The van der Waals surface area contributed by atoms with E-state index >= 15 is 0 Å². The van der Waals surface area contributed by atoms with Crippen molar-refractivity contribution in [2.24, 2.45) is 5.73 Å². The Morgan fingerprint density at radius 1 is 1.50 bits per heavy atom. The maximum Gasteiger partial charge on any atom is 0.289 e. The van der Waals surface area contributed by atoms with Crippen LogP contribution < -0.4 is 5.73 Å². The zero-order chi connectivity index (χ0) is 14.4. The maximum atomic E-state index is 13.3. The first-order valence-electron chi connectivity index (χ1n) is 5.87. The lowest BCUT2D eigenvalue weighted by molar-refractivity contribution is -0.0322. The van der Waals surface area contributed by atoms with Gasteiger partial charge in [0, 0.05) is 6.54 Å². The number of fused-ring (bicyclic) bond motifs is 1. The van der Waals surface area contributed by atoms with Gasteiger partial charge in [-0.15, -0.1) is 0 Å². The van der Waals surface area contributed by atoms with Crippen LogP contribution in [0, 0.1) is 10.7 Å². The molecular formula is C10H12FN5O3S. The smallest absolute Gasteiger partial charge is 0.289 e. The highest BCUT2D eigenvalue weighted by Crippen LogP contribution is 2.30. The van der Waals surface area contributed by atoms with E-state index in [1.807, 2.05) is 0 Å². The number of rotatable bonds is 2. The van der Waals surface area contributed by atoms with Crippen molar-refractivity contribution >= 4 is 23.4 Å². The Hall–Kier alpha value is -1.46. The Kier molecular flexibility index (Phi) is 3.26. The number of nitrogens with two attached hydrogens (primary N) is 1. The lowest BCUT2D eigenvalue weighted by Gasteiger charge is -2.16. The van der Waals surface area contributed by atoms with Gasteiger partial charge in [0.2, 0.25) is 0 Å². The molecule has 4 atom stereocenters. The predicted octanol–water partition coefficient (Wildman–Crippen LogP) is -0.794. The van der Waals surface area contributed by atoms with E-state index in [1.165, 1.54) is 10.9 Å². The fraction of sp³-hybridized carbons (Fsp3) is 0.500. The summed E-state index contributed by atoms with van der Waals surface area (Å²) in [7, 11) is 0. The molecule has 1 saturated heterocycles. The molecule has 3 heterocycles. The number of hydrogen-bond donors (Lipinski definition) is 4. The molecular weight excluding hydrogens is 289 g/mol. The van der Waals surface area contributed by atoms with Gasteiger partial charge in [0.25, 0.3) is 6.08 Å². The molecule has 20 heavy (non-hydrogen) atoms. The van der Waals surface area contributed by atoms with Crippen LogP contribution in [-0.2, 0) is 4.74 Å². The average molecular weight is 301 g/mol. The van der Waals surface area contributed by atoms with Gasteiger partial charge in [-0.2, -0.15) is 9.37 Å². The minimum Gasteiger partial charge on any atom is -0.387 e. The minimum absolute atomic E-state index is 0.00147. The summed E-state index contributed by atoms with van der Waals surface area (Å²) < 4.78 is 20.1. The maximum absolute atomic E-state index is 13.3. The van der Waals surface area contributed by atoms with Gasteiger partial charge >= 0.3 is 0 Å². The summed E-state index contributed by atoms with van der Waals surface area (Å²) in [6.07, 6.45) is -3.51. The first kappa shape index (κ1) is 13.5. The molecule has 0 unspecified atom stereocenters. The van der Waals surface area contributed by atoms with Crippen LogP contribution in [0.3, 0.4) is 0 Å². The highest BCUT2D eigenvalue weighted by molar-refractivity contribution is 7.71. The quantitative estimate of drug-likeness (QED) is 0.423. The van der Waals surface area contributed by atoms with E-state index in [0.717, 1.165) is 0 Å². The molecule has 0 bridgehead atoms. The second kappa shape index (κ2) is 4.82. The van der Waals surface area contributed by atoms with Gasteiger partial charge in [0.15, 0.2) is 10.9 Å². The van der Waals surface area contributed by atoms with E-state index in [1.54, 1.807) is 0 Å². The van der Waals surface area contributed by atoms with Crippen molar-refractivity contribution in [3.8, 4) is 0 Å². The van der Waals surface area contributed by atoms with Crippen LogP contribution in [0.5, 0.6) is 0 Å². The molecule has 108 valence electrons. The topological polar surface area (TPSA) is 122 Å². The summed E-state index contributed by atoms with van der Waals surface area (Å²) in [5.74, 6) is 0. The zero-order valence-electron chi connectivity index (χ0n) is 10.1. The predicted molar refractivity (Wildman–Crippen MR) is 67.6 cm³/mol. The number of aromatic nitrogens is 4. The lowest BCUT2D eigenvalue weighted by atomic mass is 10.1. The molecule has 0 aliphatic carbocycles. The van der Waals surface area contributed by atoms with Gasteiger partial charge in [-0.1, -0.05) is 12.2 Å². The number of imidazole rings is 1. The van der Waals surface area contributed by atoms with Gasteiger partial charge in [-0.25, -0.2) is 4.98 Å². The Morgan fingerprint density at radius 2 is 2.25 bits per heavy atom. The first-order valence-corrected chi connectivity index (χ1v) is 6.27. The molecule has 2 aromatic heterocycles. The van der Waals surface area contributed by atoms with E-state index in [-0.39, 0.29) is 22.3 Å². The summed E-state index contributed by atoms with van der Waals surface area (Å²) in [4.78, 5) is 9.84. The summed E-state index contributed by atoms with van der Waals surface area (Å²) in [5.41, 5.74) is 5.95. The molecule has 10 heteroatoms. The van der Waals surface area contributed by atoms with E-state index in [4.69, 9.17) is 22.7 Å². The summed E-state index contributed by atoms with van der Waals surface area (Å²) in [6, 6.07) is 0. The third kappa shape index (κ3) is 1.93. The normalized spacial score (nSPS) is 30.2. The Bertz CT molecular complexity index is 704. The molecule has 1 aliphatic rings. The molecule has 0 radical (unpaired) electrons. The zero-order valence-corrected chi connectivity index (χ0v) is 10.9. The summed E-state index contributed by atoms with van der Waals surface area (Å²) in [6.45, 7) is 0.0489. The number of H-pyrrole nitrogens is 1. The van der Waals surface area contributed by atoms with Crippen LogP contribution in [0.2, 0.25) is 0 Å². The number of aliphatic hydroxyl groups excluding tert-OH is 2. The third-order valence-electron chi connectivity index (χ3n) is 3.26. The monoisotopic (exact) mass is 301 g/mol. The third-order valence-corrected chi connectivity index (χ3v) is 3.55. The molecule has 2 aromatic rings. The van der Waals surface area contributed by atoms with Crippen molar-refractivity contribution in [1.29, 1.82) is 0 Å². The molecule has 0 spiro atoms. The first-order chi connectivity index (χ1) is 9.52. The van der Waals surface area contributed by atoms with Gasteiger partial charge in [-0.05, 0) is 0 Å². The number of ether oxygens (including phenoxy) is 1. The van der Waals surface area contributed by atoms with Crippen molar-refractivity contribution in [2.75, 3.05) is 6.54 Å². The van der Waals surface area contributed by atoms with Gasteiger partial charge in [-0.3, -0.25) is 9.55 Å². The minimum atomic E-state index is -1.21. The van der Waals surface area contributed by atoms with Crippen molar-refractivity contribution < 1.29 is 19.3 Å². The van der Waals surface area contributed by atoms with Crippen LogP contribution in [0.1, 0.15) is 6.23 Å². The second-order valence-corrected chi connectivity index (χ2v) is 4.85. The van der Waals surface area contributed by atoms with Gasteiger partial charge < -0.3 is 20.7 Å². The van der Waals surface area contributed by atoms with Crippen molar-refractivity contribution in [2.45, 2.75) is 24.5 Å². The van der Waals surface area contributed by atoms with E-state index in [0.29, 0.717) is 0 Å². The van der Waals surface area contributed by atoms with Crippen LogP contribution in [0.4, 0.5) is 4.39 Å². The Labute approximate surface area is 117 Å². The van der Waals surface area contributed by atoms with Gasteiger partial charge in [0.1, 0.15) is 29.5 Å². The molecule has 1 fully saturated rings. The van der Waals surface area contributed by atoms with Crippen LogP contribution in [-0.4, -0.2) is 54.6 Å². The summed E-state index contributed by atoms with van der Waals surface area (Å²) >= 11 is 4.91. The van der Waals surface area contributed by atoms with Gasteiger partial charge in [0.05, 0.1) is 6.33 Å². The second-order valence-electron chi connectivity index (χ2n) is 4.46. The van der Waals surface area contributed by atoms with E-state index in [2.05, 4.69) is 15.0 Å². The van der Waals surface area contributed by atoms with Crippen LogP contribution in [0.15, 0.2) is 6.33 Å². The lowest BCUT2D eigenvalue weighted by Crippen LogP contribution is -2.35.